The van der Waals surface area contributed by atoms with E-state index in [0.29, 0.717) is 25.4 Å². The average Bonchev–Trinajstić information content (AvgIpc) is 2.61. The second kappa shape index (κ2) is 7.83. The Bertz CT molecular complexity index is 683. The van der Waals surface area contributed by atoms with Gasteiger partial charge in [0.25, 0.3) is 0 Å². The molecule has 1 saturated heterocycles. The summed E-state index contributed by atoms with van der Waals surface area (Å²) >= 11 is 0. The maximum Gasteiger partial charge on any atom is 0.321 e. The summed E-state index contributed by atoms with van der Waals surface area (Å²) in [6.07, 6.45) is 7.76. The Hall–Kier alpha value is -2.54. The van der Waals surface area contributed by atoms with Crippen LogP contribution in [0.2, 0.25) is 0 Å². The largest absolute Gasteiger partial charge is 0.372 e. The van der Waals surface area contributed by atoms with Gasteiger partial charge >= 0.3 is 6.03 Å². The maximum absolute atomic E-state index is 13.1. The molecule has 126 valence electrons. The molecule has 2 aromatic heterocycles. The second-order valence-corrected chi connectivity index (χ2v) is 5.70. The highest BCUT2D eigenvalue weighted by atomic mass is 19.1. The standard InChI is InChI=1S/C17H19FN4O2/c18-14-7-15(10-20-9-14)21-17(23)22-6-2-4-16(11-22)24-12-13-3-1-5-19-8-13/h1,3,5,7-10,16H,2,4,6,11-12H2,(H,21,23)/t16-/m1/s1. The molecule has 0 unspecified atom stereocenters. The fourth-order valence-corrected chi connectivity index (χ4v) is 2.64. The summed E-state index contributed by atoms with van der Waals surface area (Å²) in [5.74, 6) is -0.482. The minimum absolute atomic E-state index is 0.0182. The van der Waals surface area contributed by atoms with Gasteiger partial charge in [-0.25, -0.2) is 9.18 Å². The minimum atomic E-state index is -0.482. The molecule has 0 spiro atoms. The maximum atomic E-state index is 13.1. The molecular formula is C17H19FN4O2. The lowest BCUT2D eigenvalue weighted by molar-refractivity contribution is 0.000915. The van der Waals surface area contributed by atoms with Crippen molar-refractivity contribution in [2.45, 2.75) is 25.6 Å². The number of nitrogens with one attached hydrogen (secondary N) is 1. The molecule has 1 N–H and O–H groups in total. The van der Waals surface area contributed by atoms with Crippen molar-refractivity contribution >= 4 is 11.7 Å². The Labute approximate surface area is 139 Å². The van der Waals surface area contributed by atoms with E-state index in [1.54, 1.807) is 17.3 Å². The minimum Gasteiger partial charge on any atom is -0.372 e. The molecule has 7 heteroatoms. The lowest BCUT2D eigenvalue weighted by atomic mass is 10.1. The topological polar surface area (TPSA) is 67.4 Å². The highest BCUT2D eigenvalue weighted by Gasteiger charge is 2.24. The van der Waals surface area contributed by atoms with Crippen LogP contribution in [0.25, 0.3) is 0 Å². The summed E-state index contributed by atoms with van der Waals surface area (Å²) in [5, 5.41) is 2.67. The van der Waals surface area contributed by atoms with Gasteiger partial charge in [-0.05, 0) is 24.5 Å². The number of rotatable bonds is 4. The Balaban J connectivity index is 1.52. The van der Waals surface area contributed by atoms with Gasteiger partial charge in [-0.15, -0.1) is 0 Å². The number of halogens is 1. The van der Waals surface area contributed by atoms with Gasteiger partial charge < -0.3 is 15.0 Å². The Kier molecular flexibility index (Phi) is 5.32. The fraction of sp³-hybridized carbons (Fsp3) is 0.353. The normalized spacial score (nSPS) is 17.5. The number of hydrogen-bond donors (Lipinski definition) is 1. The molecule has 6 nitrogen and oxygen atoms in total. The number of hydrogen-bond acceptors (Lipinski definition) is 4. The molecule has 3 rings (SSSR count). The van der Waals surface area contributed by atoms with Gasteiger partial charge in [-0.2, -0.15) is 0 Å². The zero-order valence-electron chi connectivity index (χ0n) is 13.2. The fourth-order valence-electron chi connectivity index (χ4n) is 2.64. The summed E-state index contributed by atoms with van der Waals surface area (Å²) in [5.41, 5.74) is 1.35. The number of urea groups is 1. The number of anilines is 1. The molecule has 0 saturated carbocycles. The van der Waals surface area contributed by atoms with E-state index >= 15 is 0 Å². The molecule has 24 heavy (non-hydrogen) atoms. The van der Waals surface area contributed by atoms with Crippen LogP contribution in [-0.2, 0) is 11.3 Å². The van der Waals surface area contributed by atoms with Crippen molar-refractivity contribution in [3.63, 3.8) is 0 Å². The van der Waals surface area contributed by atoms with Crippen LogP contribution in [0.15, 0.2) is 43.0 Å². The number of amides is 2. The first kappa shape index (κ1) is 16.3. The summed E-state index contributed by atoms with van der Waals surface area (Å²) < 4.78 is 19.0. The van der Waals surface area contributed by atoms with Gasteiger partial charge in [0.05, 0.1) is 30.8 Å². The highest BCUT2D eigenvalue weighted by Crippen LogP contribution is 2.16. The third-order valence-corrected chi connectivity index (χ3v) is 3.83. The molecule has 2 amide bonds. The van der Waals surface area contributed by atoms with Crippen LogP contribution < -0.4 is 5.32 Å². The van der Waals surface area contributed by atoms with E-state index in [2.05, 4.69) is 15.3 Å². The number of likely N-dealkylation sites (tertiary alicyclic amines) is 1. The summed E-state index contributed by atoms with van der Waals surface area (Å²) in [6.45, 7) is 1.64. The Morgan fingerprint density at radius 2 is 2.29 bits per heavy atom. The zero-order chi connectivity index (χ0) is 16.8. The number of piperidine rings is 1. The average molecular weight is 330 g/mol. The molecular weight excluding hydrogens is 311 g/mol. The third kappa shape index (κ3) is 4.48. The first-order valence-electron chi connectivity index (χ1n) is 7.88. The highest BCUT2D eigenvalue weighted by molar-refractivity contribution is 5.89. The number of pyridine rings is 2. The molecule has 0 bridgehead atoms. The van der Waals surface area contributed by atoms with Crippen molar-refractivity contribution in [2.24, 2.45) is 0 Å². The predicted molar refractivity (Wildman–Crippen MR) is 86.8 cm³/mol. The van der Waals surface area contributed by atoms with E-state index < -0.39 is 5.82 Å². The number of carbonyl (C=O) groups is 1. The SMILES string of the molecule is O=C(Nc1cncc(F)c1)N1CCC[C@@H](OCc2cccnc2)C1. The van der Waals surface area contributed by atoms with Crippen LogP contribution in [0.5, 0.6) is 0 Å². The lowest BCUT2D eigenvalue weighted by Gasteiger charge is -2.32. The van der Waals surface area contributed by atoms with Crippen LogP contribution in [0.4, 0.5) is 14.9 Å². The quantitative estimate of drug-likeness (QED) is 0.936. The van der Waals surface area contributed by atoms with Gasteiger partial charge in [-0.3, -0.25) is 9.97 Å². The van der Waals surface area contributed by atoms with E-state index in [0.717, 1.165) is 24.6 Å². The van der Waals surface area contributed by atoms with E-state index in [9.17, 15) is 9.18 Å². The molecule has 1 fully saturated rings. The molecule has 1 aliphatic heterocycles. The summed E-state index contributed by atoms with van der Waals surface area (Å²) in [7, 11) is 0. The lowest BCUT2D eigenvalue weighted by Crippen LogP contribution is -2.45. The van der Waals surface area contributed by atoms with Crippen molar-refractivity contribution in [2.75, 3.05) is 18.4 Å². The smallest absolute Gasteiger partial charge is 0.321 e. The van der Waals surface area contributed by atoms with Crippen molar-refractivity contribution in [1.29, 1.82) is 0 Å². The molecule has 1 atom stereocenters. The zero-order valence-corrected chi connectivity index (χ0v) is 13.2. The number of aromatic nitrogens is 2. The monoisotopic (exact) mass is 330 g/mol. The first-order chi connectivity index (χ1) is 11.7. The third-order valence-electron chi connectivity index (χ3n) is 3.83. The molecule has 3 heterocycles. The Morgan fingerprint density at radius 1 is 1.38 bits per heavy atom. The van der Waals surface area contributed by atoms with Crippen molar-refractivity contribution < 1.29 is 13.9 Å². The molecule has 2 aromatic rings. The van der Waals surface area contributed by atoms with Crippen molar-refractivity contribution in [1.82, 2.24) is 14.9 Å². The second-order valence-electron chi connectivity index (χ2n) is 5.70. The van der Waals surface area contributed by atoms with Gasteiger partial charge in [0.15, 0.2) is 0 Å². The van der Waals surface area contributed by atoms with Crippen LogP contribution in [0.3, 0.4) is 0 Å². The first-order valence-corrected chi connectivity index (χ1v) is 7.88. The number of nitrogens with zero attached hydrogens (tertiary/aromatic N) is 3. The van der Waals surface area contributed by atoms with Crippen molar-refractivity contribution in [3.8, 4) is 0 Å². The van der Waals surface area contributed by atoms with E-state index in [1.165, 1.54) is 12.3 Å². The van der Waals surface area contributed by atoms with Crippen LogP contribution >= 0.6 is 0 Å². The van der Waals surface area contributed by atoms with Crippen LogP contribution in [-0.4, -0.2) is 40.1 Å². The Morgan fingerprint density at radius 3 is 3.08 bits per heavy atom. The van der Waals surface area contributed by atoms with Gasteiger partial charge in [0.1, 0.15) is 5.82 Å². The van der Waals surface area contributed by atoms with Crippen molar-refractivity contribution in [3.05, 3.63) is 54.4 Å². The number of ether oxygens (including phenoxy) is 1. The van der Waals surface area contributed by atoms with E-state index in [-0.39, 0.29) is 12.1 Å². The summed E-state index contributed by atoms with van der Waals surface area (Å²) in [4.78, 5) is 21.8. The van der Waals surface area contributed by atoms with E-state index in [1.807, 2.05) is 12.1 Å². The summed E-state index contributed by atoms with van der Waals surface area (Å²) in [6, 6.07) is 4.80. The molecule has 0 aromatic carbocycles. The van der Waals surface area contributed by atoms with Crippen LogP contribution in [0.1, 0.15) is 18.4 Å². The van der Waals surface area contributed by atoms with Crippen LogP contribution in [0, 0.1) is 5.82 Å². The molecule has 1 aliphatic rings. The molecule has 0 aliphatic carbocycles. The predicted octanol–water partition coefficient (Wildman–Crippen LogP) is 2.83. The van der Waals surface area contributed by atoms with E-state index in [4.69, 9.17) is 4.74 Å². The van der Waals surface area contributed by atoms with Gasteiger partial charge in [-0.1, -0.05) is 6.07 Å². The molecule has 0 radical (unpaired) electrons. The van der Waals surface area contributed by atoms with Gasteiger partial charge in [0.2, 0.25) is 0 Å². The number of carbonyl (C=O) groups excluding carboxylic acids is 1. The van der Waals surface area contributed by atoms with Gasteiger partial charge in [0, 0.05) is 31.5 Å².